The molecule has 0 amide bonds. The fourth-order valence-electron chi connectivity index (χ4n) is 2.41. The predicted molar refractivity (Wildman–Crippen MR) is 71.3 cm³/mol. The van der Waals surface area contributed by atoms with Crippen molar-refractivity contribution in [3.05, 3.63) is 30.1 Å². The lowest BCUT2D eigenvalue weighted by molar-refractivity contribution is 0.0850. The molecule has 1 aromatic carbocycles. The van der Waals surface area contributed by atoms with Crippen LogP contribution in [0.4, 0.5) is 10.1 Å². The summed E-state index contributed by atoms with van der Waals surface area (Å²) in [4.78, 5) is 2.33. The number of hydrogen-bond donors (Lipinski definition) is 1. The van der Waals surface area contributed by atoms with Gasteiger partial charge in [-0.15, -0.1) is 0 Å². The van der Waals surface area contributed by atoms with Gasteiger partial charge in [0.05, 0.1) is 6.10 Å². The zero-order valence-electron chi connectivity index (χ0n) is 11.0. The van der Waals surface area contributed by atoms with Crippen LogP contribution in [-0.4, -0.2) is 43.8 Å². The summed E-state index contributed by atoms with van der Waals surface area (Å²) in [5, 5.41) is 3.29. The van der Waals surface area contributed by atoms with Crippen LogP contribution in [0.1, 0.15) is 13.3 Å². The maximum atomic E-state index is 12.7. The largest absolute Gasteiger partial charge is 0.384 e. The Kier molecular flexibility index (Phi) is 4.55. The molecule has 2 atom stereocenters. The fourth-order valence-corrected chi connectivity index (χ4v) is 2.41. The normalized spacial score (nSPS) is 23.6. The third kappa shape index (κ3) is 3.43. The van der Waals surface area contributed by atoms with Gasteiger partial charge in [0.15, 0.2) is 0 Å². The van der Waals surface area contributed by atoms with Crippen molar-refractivity contribution in [1.29, 1.82) is 0 Å². The van der Waals surface area contributed by atoms with Crippen LogP contribution < -0.4 is 5.32 Å². The third-order valence-corrected chi connectivity index (χ3v) is 3.54. The fraction of sp³-hybridized carbons (Fsp3) is 0.571. The molecule has 0 radical (unpaired) electrons. The molecular weight excluding hydrogens is 231 g/mol. The number of hydrogen-bond acceptors (Lipinski definition) is 3. The van der Waals surface area contributed by atoms with Crippen LogP contribution in [0.5, 0.6) is 0 Å². The van der Waals surface area contributed by atoms with E-state index in [0.717, 1.165) is 31.8 Å². The van der Waals surface area contributed by atoms with Crippen molar-refractivity contribution in [2.45, 2.75) is 25.5 Å². The molecule has 4 heteroatoms. The predicted octanol–water partition coefficient (Wildman–Crippen LogP) is 2.35. The van der Waals surface area contributed by atoms with Crippen LogP contribution in [0, 0.1) is 5.82 Å². The lowest BCUT2D eigenvalue weighted by atomic mass is 10.1. The first-order chi connectivity index (χ1) is 8.66. The third-order valence-electron chi connectivity index (χ3n) is 3.54. The molecule has 2 rings (SSSR count). The molecule has 1 heterocycles. The minimum Gasteiger partial charge on any atom is -0.384 e. The van der Waals surface area contributed by atoms with Crippen LogP contribution in [-0.2, 0) is 4.74 Å². The van der Waals surface area contributed by atoms with Crippen LogP contribution in [0.15, 0.2) is 24.3 Å². The Labute approximate surface area is 108 Å². The van der Waals surface area contributed by atoms with Crippen LogP contribution >= 0.6 is 0 Å². The summed E-state index contributed by atoms with van der Waals surface area (Å²) in [5.41, 5.74) is 0.959. The number of anilines is 1. The van der Waals surface area contributed by atoms with E-state index in [1.807, 2.05) is 0 Å². The molecule has 1 fully saturated rings. The van der Waals surface area contributed by atoms with Crippen LogP contribution in [0.25, 0.3) is 0 Å². The van der Waals surface area contributed by atoms with Crippen molar-refractivity contribution >= 4 is 5.69 Å². The van der Waals surface area contributed by atoms with Crippen LogP contribution in [0.3, 0.4) is 0 Å². The highest BCUT2D eigenvalue weighted by atomic mass is 19.1. The van der Waals surface area contributed by atoms with Gasteiger partial charge < -0.3 is 10.1 Å². The molecule has 1 aliphatic rings. The summed E-state index contributed by atoms with van der Waals surface area (Å²) in [6, 6.07) is 6.98. The molecule has 1 aromatic rings. The lowest BCUT2D eigenvalue weighted by Crippen LogP contribution is -2.39. The van der Waals surface area contributed by atoms with Gasteiger partial charge in [-0.1, -0.05) is 0 Å². The van der Waals surface area contributed by atoms with E-state index in [2.05, 4.69) is 24.2 Å². The molecule has 0 aliphatic carbocycles. The second-order valence-corrected chi connectivity index (χ2v) is 4.85. The molecule has 18 heavy (non-hydrogen) atoms. The van der Waals surface area contributed by atoms with Crippen molar-refractivity contribution in [2.75, 3.05) is 32.1 Å². The van der Waals surface area contributed by atoms with E-state index in [1.165, 1.54) is 12.1 Å². The number of halogens is 1. The molecule has 0 aromatic heterocycles. The second-order valence-electron chi connectivity index (χ2n) is 4.85. The minimum atomic E-state index is -0.199. The Morgan fingerprint density at radius 1 is 1.39 bits per heavy atom. The van der Waals surface area contributed by atoms with Crippen molar-refractivity contribution in [2.24, 2.45) is 0 Å². The summed E-state index contributed by atoms with van der Waals surface area (Å²) >= 11 is 0. The van der Waals surface area contributed by atoms with E-state index in [-0.39, 0.29) is 5.82 Å². The van der Waals surface area contributed by atoms with E-state index in [9.17, 15) is 4.39 Å². The highest BCUT2D eigenvalue weighted by Gasteiger charge is 2.27. The summed E-state index contributed by atoms with van der Waals surface area (Å²) in [7, 11) is 2.13. The Balaban J connectivity index is 1.73. The Morgan fingerprint density at radius 3 is 2.72 bits per heavy atom. The van der Waals surface area contributed by atoms with Crippen molar-refractivity contribution in [3.8, 4) is 0 Å². The highest BCUT2D eigenvalue weighted by molar-refractivity contribution is 5.42. The van der Waals surface area contributed by atoms with Crippen molar-refractivity contribution in [1.82, 2.24) is 4.90 Å². The van der Waals surface area contributed by atoms with E-state index >= 15 is 0 Å². The van der Waals surface area contributed by atoms with Crippen molar-refractivity contribution < 1.29 is 9.13 Å². The summed E-state index contributed by atoms with van der Waals surface area (Å²) in [6.07, 6.45) is 1.43. The number of benzene rings is 1. The summed E-state index contributed by atoms with van der Waals surface area (Å²) in [6.45, 7) is 4.80. The highest BCUT2D eigenvalue weighted by Crippen LogP contribution is 2.17. The van der Waals surface area contributed by atoms with Gasteiger partial charge in [-0.05, 0) is 44.7 Å². The minimum absolute atomic E-state index is 0.199. The average molecular weight is 252 g/mol. The van der Waals surface area contributed by atoms with Gasteiger partial charge in [0.25, 0.3) is 0 Å². The first kappa shape index (κ1) is 13.3. The lowest BCUT2D eigenvalue weighted by Gasteiger charge is -2.26. The van der Waals surface area contributed by atoms with Crippen molar-refractivity contribution in [3.63, 3.8) is 0 Å². The molecule has 0 bridgehead atoms. The molecule has 1 N–H and O–H groups in total. The number of ether oxygens (including phenoxy) is 1. The quantitative estimate of drug-likeness (QED) is 0.870. The zero-order valence-corrected chi connectivity index (χ0v) is 11.0. The number of rotatable bonds is 5. The molecule has 1 saturated heterocycles. The van der Waals surface area contributed by atoms with Gasteiger partial charge in [0.2, 0.25) is 0 Å². The monoisotopic (exact) mass is 252 g/mol. The van der Waals surface area contributed by atoms with Gasteiger partial charge in [-0.25, -0.2) is 4.39 Å². The average Bonchev–Trinajstić information content (AvgIpc) is 2.78. The molecule has 0 saturated carbocycles. The number of nitrogens with one attached hydrogen (secondary N) is 1. The summed E-state index contributed by atoms with van der Waals surface area (Å²) in [5.74, 6) is -0.199. The van der Waals surface area contributed by atoms with Gasteiger partial charge in [-0.3, -0.25) is 4.90 Å². The van der Waals surface area contributed by atoms with E-state index in [4.69, 9.17) is 4.74 Å². The zero-order chi connectivity index (χ0) is 13.0. The van der Waals surface area contributed by atoms with Gasteiger partial charge in [-0.2, -0.15) is 0 Å². The van der Waals surface area contributed by atoms with Gasteiger partial charge in [0, 0.05) is 31.4 Å². The molecule has 1 aliphatic heterocycles. The standard InChI is InChI=1S/C14H21FN2O/c1-11-14(7-10-18-11)17(2)9-8-16-13-5-3-12(15)4-6-13/h3-6,11,14,16H,7-10H2,1-2H3. The number of likely N-dealkylation sites (N-methyl/N-ethyl adjacent to an activating group) is 1. The van der Waals surface area contributed by atoms with Gasteiger partial charge >= 0.3 is 0 Å². The maximum Gasteiger partial charge on any atom is 0.123 e. The first-order valence-electron chi connectivity index (χ1n) is 6.48. The summed E-state index contributed by atoms with van der Waals surface area (Å²) < 4.78 is 18.3. The topological polar surface area (TPSA) is 24.5 Å². The molecular formula is C14H21FN2O. The van der Waals surface area contributed by atoms with E-state index in [0.29, 0.717) is 12.1 Å². The first-order valence-corrected chi connectivity index (χ1v) is 6.48. The molecule has 2 unspecified atom stereocenters. The SMILES string of the molecule is CC1OCCC1N(C)CCNc1ccc(F)cc1. The van der Waals surface area contributed by atoms with E-state index in [1.54, 1.807) is 12.1 Å². The molecule has 3 nitrogen and oxygen atoms in total. The van der Waals surface area contributed by atoms with Gasteiger partial charge in [0.1, 0.15) is 5.82 Å². The smallest absolute Gasteiger partial charge is 0.123 e. The second kappa shape index (κ2) is 6.16. The number of nitrogens with zero attached hydrogens (tertiary/aromatic N) is 1. The Bertz CT molecular complexity index is 369. The van der Waals surface area contributed by atoms with E-state index < -0.39 is 0 Å². The molecule has 100 valence electrons. The maximum absolute atomic E-state index is 12.7. The Morgan fingerprint density at radius 2 is 2.11 bits per heavy atom. The Hall–Kier alpha value is -1.13. The van der Waals surface area contributed by atoms with Crippen LogP contribution in [0.2, 0.25) is 0 Å². The molecule has 0 spiro atoms.